The minimum Gasteiger partial charge on any atom is -0.461 e. The quantitative estimate of drug-likeness (QED) is 0.477. The second-order valence-corrected chi connectivity index (χ2v) is 14.4. The van der Waals surface area contributed by atoms with Gasteiger partial charge in [-0.25, -0.2) is 9.18 Å². The van der Waals surface area contributed by atoms with E-state index in [-0.39, 0.29) is 11.6 Å². The number of benzene rings is 1. The molecule has 6 heterocycles. The Morgan fingerprint density at radius 3 is 2.89 bits per heavy atom. The molecule has 2 unspecified atom stereocenters. The number of rotatable bonds is 5. The first-order chi connectivity index (χ1) is 22.0. The molecule has 2 aromatic rings. The van der Waals surface area contributed by atoms with Gasteiger partial charge in [-0.3, -0.25) is 10.2 Å². The Hall–Kier alpha value is -3.06. The number of alkyl halides is 1. The summed E-state index contributed by atoms with van der Waals surface area (Å²) in [6.45, 7) is 12.7. The molecule has 0 saturated carbocycles. The van der Waals surface area contributed by atoms with Crippen molar-refractivity contribution in [1.29, 1.82) is 0 Å². The van der Waals surface area contributed by atoms with Crippen LogP contribution in [0.3, 0.4) is 0 Å². The minimum absolute atomic E-state index is 0.141. The summed E-state index contributed by atoms with van der Waals surface area (Å²) in [5, 5.41) is 2.88. The maximum absolute atomic E-state index is 14.5. The molecule has 0 aliphatic carbocycles. The molecule has 1 aromatic heterocycles. The summed E-state index contributed by atoms with van der Waals surface area (Å²) in [7, 11) is 0. The molecule has 250 valence electrons. The summed E-state index contributed by atoms with van der Waals surface area (Å²) >= 11 is 0. The Bertz CT molecular complexity index is 1460. The van der Waals surface area contributed by atoms with E-state index in [1.807, 2.05) is 45.9 Å². The highest BCUT2D eigenvalue weighted by Gasteiger charge is 2.50. The molecule has 11 nitrogen and oxygen atoms in total. The first-order valence-electron chi connectivity index (χ1n) is 16.7. The Labute approximate surface area is 270 Å². The zero-order chi connectivity index (χ0) is 32.1. The molecule has 3 saturated heterocycles. The fourth-order valence-corrected chi connectivity index (χ4v) is 7.75. The molecule has 7 rings (SSSR count). The van der Waals surface area contributed by atoms with Crippen LogP contribution in [-0.4, -0.2) is 90.9 Å². The average molecular weight is 640 g/mol. The number of anilines is 2. The zero-order valence-electron chi connectivity index (χ0n) is 27.4. The summed E-state index contributed by atoms with van der Waals surface area (Å²) in [5.41, 5.74) is 2.63. The Balaban J connectivity index is 1.22. The molecule has 4 atom stereocenters. The smallest absolute Gasteiger partial charge is 0.412 e. The molecule has 3 fully saturated rings. The van der Waals surface area contributed by atoms with Crippen molar-refractivity contribution >= 4 is 17.6 Å². The van der Waals surface area contributed by atoms with E-state index in [0.717, 1.165) is 60.6 Å². The number of ether oxygens (including phenoxy) is 5. The van der Waals surface area contributed by atoms with Crippen LogP contribution in [0.5, 0.6) is 6.01 Å². The van der Waals surface area contributed by atoms with Gasteiger partial charge in [-0.05, 0) is 76.8 Å². The van der Waals surface area contributed by atoms with Crippen LogP contribution in [0.25, 0.3) is 0 Å². The molecule has 46 heavy (non-hydrogen) atoms. The molecule has 5 aliphatic heterocycles. The number of carbonyl (C=O) groups is 1. The van der Waals surface area contributed by atoms with Crippen LogP contribution >= 0.6 is 0 Å². The second-order valence-electron chi connectivity index (χ2n) is 14.4. The average Bonchev–Trinajstić information content (AvgIpc) is 3.38. The van der Waals surface area contributed by atoms with Gasteiger partial charge in [-0.15, -0.1) is 0 Å². The predicted octanol–water partition coefficient (Wildman–Crippen LogP) is 5.06. The van der Waals surface area contributed by atoms with Crippen molar-refractivity contribution in [2.24, 2.45) is 0 Å². The number of carbonyl (C=O) groups excluding carboxylic acids is 1. The fourth-order valence-electron chi connectivity index (χ4n) is 7.75. The van der Waals surface area contributed by atoms with Crippen molar-refractivity contribution in [3.05, 3.63) is 40.6 Å². The second kappa shape index (κ2) is 12.2. The van der Waals surface area contributed by atoms with E-state index >= 15 is 0 Å². The number of nitrogens with one attached hydrogen (secondary N) is 1. The van der Waals surface area contributed by atoms with Crippen molar-refractivity contribution in [3.63, 3.8) is 0 Å². The number of aromatic nitrogens is 2. The van der Waals surface area contributed by atoms with Crippen LogP contribution in [0.4, 0.5) is 20.7 Å². The summed E-state index contributed by atoms with van der Waals surface area (Å²) in [4.78, 5) is 27.1. The molecular weight excluding hydrogens is 593 g/mol. The van der Waals surface area contributed by atoms with E-state index in [1.54, 1.807) is 0 Å². The molecule has 1 amide bonds. The summed E-state index contributed by atoms with van der Waals surface area (Å²) < 4.78 is 45.2. The minimum atomic E-state index is -0.832. The van der Waals surface area contributed by atoms with E-state index in [2.05, 4.69) is 15.1 Å². The highest BCUT2D eigenvalue weighted by atomic mass is 19.1. The van der Waals surface area contributed by atoms with Crippen LogP contribution in [0.1, 0.15) is 81.9 Å². The van der Waals surface area contributed by atoms with Crippen molar-refractivity contribution in [3.8, 4) is 6.01 Å². The SMILES string of the molecule is CC1OCC2(Cc3nc(OC[C@@]45CCCN4C[C@H](F)C5)nc(N4CCCOCC4)c3CO2)c2cc(NC(=O)OC(C)(C)C)ccc21. The van der Waals surface area contributed by atoms with E-state index < -0.39 is 23.5 Å². The Morgan fingerprint density at radius 1 is 1.17 bits per heavy atom. The fraction of sp³-hybridized carbons (Fsp3) is 0.676. The maximum Gasteiger partial charge on any atom is 0.412 e. The van der Waals surface area contributed by atoms with Gasteiger partial charge < -0.3 is 28.6 Å². The molecule has 12 heteroatoms. The number of amides is 1. The lowest BCUT2D eigenvalue weighted by Crippen LogP contribution is -2.45. The normalized spacial score (nSPS) is 29.5. The van der Waals surface area contributed by atoms with E-state index in [4.69, 9.17) is 33.7 Å². The van der Waals surface area contributed by atoms with Crippen molar-refractivity contribution in [1.82, 2.24) is 14.9 Å². The van der Waals surface area contributed by atoms with Crippen LogP contribution in [0.15, 0.2) is 18.2 Å². The summed E-state index contributed by atoms with van der Waals surface area (Å²) in [5.74, 6) is 0.807. The number of halogens is 1. The third-order valence-corrected chi connectivity index (χ3v) is 9.94. The molecule has 0 radical (unpaired) electrons. The molecular formula is C34H46FN5O6. The predicted molar refractivity (Wildman–Crippen MR) is 169 cm³/mol. The van der Waals surface area contributed by atoms with Gasteiger partial charge in [0.05, 0.1) is 37.2 Å². The molecule has 5 aliphatic rings. The third-order valence-electron chi connectivity index (χ3n) is 9.94. The van der Waals surface area contributed by atoms with Crippen molar-refractivity contribution in [2.75, 3.05) is 62.8 Å². The van der Waals surface area contributed by atoms with Gasteiger partial charge in [0.15, 0.2) is 0 Å². The number of nitrogens with zero attached hydrogens (tertiary/aromatic N) is 4. The Morgan fingerprint density at radius 2 is 2.04 bits per heavy atom. The highest BCUT2D eigenvalue weighted by Crippen LogP contribution is 2.47. The lowest BCUT2D eigenvalue weighted by Gasteiger charge is -2.44. The van der Waals surface area contributed by atoms with Gasteiger partial charge in [0.25, 0.3) is 0 Å². The van der Waals surface area contributed by atoms with Gasteiger partial charge in [-0.1, -0.05) is 6.07 Å². The van der Waals surface area contributed by atoms with Crippen LogP contribution < -0.4 is 15.0 Å². The number of fused-ring (bicyclic) bond motifs is 4. The van der Waals surface area contributed by atoms with Crippen LogP contribution in [0.2, 0.25) is 0 Å². The van der Waals surface area contributed by atoms with E-state index in [1.165, 1.54) is 0 Å². The molecule has 1 spiro atoms. The maximum atomic E-state index is 14.5. The van der Waals surface area contributed by atoms with Gasteiger partial charge in [0, 0.05) is 50.3 Å². The monoisotopic (exact) mass is 639 g/mol. The van der Waals surface area contributed by atoms with Crippen LogP contribution in [-0.2, 0) is 37.6 Å². The molecule has 0 bridgehead atoms. The highest BCUT2D eigenvalue weighted by molar-refractivity contribution is 5.85. The topological polar surface area (TPSA) is 108 Å². The van der Waals surface area contributed by atoms with Gasteiger partial charge in [0.2, 0.25) is 0 Å². The molecule has 1 N–H and O–H groups in total. The molecule has 1 aromatic carbocycles. The summed E-state index contributed by atoms with van der Waals surface area (Å²) in [6, 6.07) is 6.12. The van der Waals surface area contributed by atoms with Crippen molar-refractivity contribution < 1.29 is 32.9 Å². The van der Waals surface area contributed by atoms with Gasteiger partial charge >= 0.3 is 12.1 Å². The first-order valence-corrected chi connectivity index (χ1v) is 16.7. The van der Waals surface area contributed by atoms with E-state index in [9.17, 15) is 9.18 Å². The lowest BCUT2D eigenvalue weighted by atomic mass is 9.80. The zero-order valence-corrected chi connectivity index (χ0v) is 27.4. The van der Waals surface area contributed by atoms with Gasteiger partial charge in [0.1, 0.15) is 29.8 Å². The lowest BCUT2D eigenvalue weighted by molar-refractivity contribution is -0.148. The number of hydrogen-bond acceptors (Lipinski definition) is 10. The number of hydrogen-bond donors (Lipinski definition) is 1. The Kier molecular flexibility index (Phi) is 8.36. The van der Waals surface area contributed by atoms with Crippen molar-refractivity contribution in [2.45, 2.75) is 95.4 Å². The largest absolute Gasteiger partial charge is 0.461 e. The summed E-state index contributed by atoms with van der Waals surface area (Å²) in [6.07, 6.45) is 2.29. The third kappa shape index (κ3) is 6.16. The van der Waals surface area contributed by atoms with Crippen LogP contribution in [0, 0.1) is 0 Å². The van der Waals surface area contributed by atoms with Gasteiger partial charge in [-0.2, -0.15) is 9.97 Å². The first kappa shape index (κ1) is 31.5. The standard InChI is InChI=1S/C34H46FN5O6/c1-22-25-8-7-24(36-31(41)46-32(2,3)4)15-27(25)34(21-43-22)17-28-26(19-45-34)29(39-10-6-13-42-14-12-39)38-30(37-28)44-20-33-9-5-11-40(33)18-23(35)16-33/h7-8,15,22-23H,5-6,9-14,16-21H2,1-4H3,(H,36,41)/t22?,23-,33+,34?/m1/s1. The van der Waals surface area contributed by atoms with E-state index in [0.29, 0.717) is 70.7 Å².